The minimum Gasteiger partial charge on any atom is -0.478 e. The first-order chi connectivity index (χ1) is 6.72. The van der Waals surface area contributed by atoms with Crippen LogP contribution in [0.2, 0.25) is 0 Å². The number of esters is 1. The number of hydrogen-bond donors (Lipinski definition) is 2. The topological polar surface area (TPSA) is 101 Å². The number of carboxylic acid groups (broad SMARTS) is 2. The van der Waals surface area contributed by atoms with Crippen molar-refractivity contribution in [2.45, 2.75) is 33.3 Å². The highest BCUT2D eigenvalue weighted by Crippen LogP contribution is 2.22. The van der Waals surface area contributed by atoms with Crippen molar-refractivity contribution in [2.24, 2.45) is 5.41 Å². The molecule has 0 unspecified atom stereocenters. The summed E-state index contributed by atoms with van der Waals surface area (Å²) < 4.78 is 4.39. The Labute approximate surface area is 86.8 Å². The maximum absolute atomic E-state index is 11.4. The maximum atomic E-state index is 11.4. The Morgan fingerprint density at radius 3 is 1.87 bits per heavy atom. The van der Waals surface area contributed by atoms with Crippen LogP contribution in [0.1, 0.15) is 27.2 Å². The van der Waals surface area contributed by atoms with Crippen LogP contribution in [0, 0.1) is 5.41 Å². The van der Waals surface area contributed by atoms with Gasteiger partial charge in [0.15, 0.2) is 0 Å². The molecule has 0 saturated carbocycles. The van der Waals surface area contributed by atoms with Gasteiger partial charge in [-0.05, 0) is 20.3 Å². The number of carbonyl (C=O) groups excluding carboxylic acids is 1. The molecule has 2 N–H and O–H groups in total. The van der Waals surface area contributed by atoms with Crippen LogP contribution in [0.3, 0.4) is 0 Å². The zero-order valence-electron chi connectivity index (χ0n) is 8.81. The average Bonchev–Trinajstić information content (AvgIpc) is 2.12. The summed E-state index contributed by atoms with van der Waals surface area (Å²) in [5.74, 6) is -4.22. The third-order valence-electron chi connectivity index (χ3n) is 2.11. The van der Waals surface area contributed by atoms with Gasteiger partial charge in [0.25, 0.3) is 6.10 Å². The zero-order valence-corrected chi connectivity index (χ0v) is 8.81. The number of ether oxygens (including phenoxy) is 1. The molecule has 0 spiro atoms. The number of rotatable bonds is 5. The summed E-state index contributed by atoms with van der Waals surface area (Å²) in [5.41, 5.74) is -0.886. The molecule has 0 aliphatic heterocycles. The highest BCUT2D eigenvalue weighted by atomic mass is 16.6. The highest BCUT2D eigenvalue weighted by molar-refractivity contribution is 5.98. The van der Waals surface area contributed by atoms with Gasteiger partial charge in [-0.1, -0.05) is 6.92 Å². The van der Waals surface area contributed by atoms with Gasteiger partial charge in [-0.3, -0.25) is 4.79 Å². The van der Waals surface area contributed by atoms with Crippen LogP contribution in [0.15, 0.2) is 0 Å². The molecule has 6 nitrogen and oxygen atoms in total. The molecule has 0 saturated heterocycles. The fraction of sp³-hybridized carbons (Fsp3) is 0.667. The number of aliphatic carboxylic acids is 2. The Morgan fingerprint density at radius 2 is 1.60 bits per heavy atom. The Morgan fingerprint density at radius 1 is 1.20 bits per heavy atom. The Bertz CT molecular complexity index is 266. The van der Waals surface area contributed by atoms with Gasteiger partial charge in [-0.25, -0.2) is 9.59 Å². The molecule has 0 fully saturated rings. The molecule has 0 atom stereocenters. The number of carbonyl (C=O) groups is 3. The minimum atomic E-state index is -2.14. The minimum absolute atomic E-state index is 0.428. The lowest BCUT2D eigenvalue weighted by Crippen LogP contribution is -2.39. The predicted molar refractivity (Wildman–Crippen MR) is 49.2 cm³/mol. The first-order valence-corrected chi connectivity index (χ1v) is 4.39. The molecule has 15 heavy (non-hydrogen) atoms. The normalized spacial score (nSPS) is 11.2. The van der Waals surface area contributed by atoms with Crippen molar-refractivity contribution < 1.29 is 29.3 Å². The van der Waals surface area contributed by atoms with Crippen molar-refractivity contribution in [1.82, 2.24) is 0 Å². The van der Waals surface area contributed by atoms with Crippen molar-refractivity contribution in [1.29, 1.82) is 0 Å². The van der Waals surface area contributed by atoms with Crippen molar-refractivity contribution in [3.63, 3.8) is 0 Å². The van der Waals surface area contributed by atoms with Crippen LogP contribution in [-0.2, 0) is 19.1 Å². The lowest BCUT2D eigenvalue weighted by molar-refractivity contribution is -0.179. The van der Waals surface area contributed by atoms with E-state index in [1.165, 1.54) is 0 Å². The summed E-state index contributed by atoms with van der Waals surface area (Å²) in [7, 11) is 0. The van der Waals surface area contributed by atoms with E-state index in [2.05, 4.69) is 4.74 Å². The van der Waals surface area contributed by atoms with Crippen molar-refractivity contribution in [3.8, 4) is 0 Å². The lowest BCUT2D eigenvalue weighted by Gasteiger charge is -2.21. The smallest absolute Gasteiger partial charge is 0.356 e. The molecular weight excluding hydrogens is 204 g/mol. The van der Waals surface area contributed by atoms with Gasteiger partial charge in [0.05, 0.1) is 5.41 Å². The molecule has 0 aliphatic rings. The molecule has 0 heterocycles. The van der Waals surface area contributed by atoms with Gasteiger partial charge in [-0.2, -0.15) is 0 Å². The second-order valence-electron chi connectivity index (χ2n) is 3.70. The predicted octanol–water partition coefficient (Wildman–Crippen LogP) is 0.504. The van der Waals surface area contributed by atoms with E-state index in [9.17, 15) is 14.4 Å². The molecule has 6 heteroatoms. The largest absolute Gasteiger partial charge is 0.478 e. The molecule has 0 aromatic heterocycles. The number of hydrogen-bond acceptors (Lipinski definition) is 4. The monoisotopic (exact) mass is 218 g/mol. The molecule has 86 valence electrons. The quantitative estimate of drug-likeness (QED) is 0.514. The Kier molecular flexibility index (Phi) is 4.26. The van der Waals surface area contributed by atoms with Gasteiger partial charge < -0.3 is 14.9 Å². The Balaban J connectivity index is 4.64. The van der Waals surface area contributed by atoms with Gasteiger partial charge in [0, 0.05) is 0 Å². The van der Waals surface area contributed by atoms with Crippen molar-refractivity contribution in [2.75, 3.05) is 0 Å². The fourth-order valence-corrected chi connectivity index (χ4v) is 0.617. The van der Waals surface area contributed by atoms with Gasteiger partial charge in [-0.15, -0.1) is 0 Å². The van der Waals surface area contributed by atoms with Crippen LogP contribution >= 0.6 is 0 Å². The molecule has 0 aliphatic carbocycles. The fourth-order valence-electron chi connectivity index (χ4n) is 0.617. The van der Waals surface area contributed by atoms with Crippen molar-refractivity contribution >= 4 is 17.9 Å². The van der Waals surface area contributed by atoms with E-state index in [1.54, 1.807) is 20.8 Å². The van der Waals surface area contributed by atoms with Crippen LogP contribution in [-0.4, -0.2) is 34.2 Å². The summed E-state index contributed by atoms with van der Waals surface area (Å²) in [6, 6.07) is 0. The molecule has 0 radical (unpaired) electrons. The second-order valence-corrected chi connectivity index (χ2v) is 3.70. The van der Waals surface area contributed by atoms with Gasteiger partial charge >= 0.3 is 17.9 Å². The summed E-state index contributed by atoms with van der Waals surface area (Å²) >= 11 is 0. The molecular formula is C9H14O6. The van der Waals surface area contributed by atoms with Gasteiger partial charge in [0.2, 0.25) is 0 Å². The summed E-state index contributed by atoms with van der Waals surface area (Å²) in [6.07, 6.45) is -1.71. The van der Waals surface area contributed by atoms with E-state index in [0.717, 1.165) is 0 Å². The van der Waals surface area contributed by atoms with Gasteiger partial charge in [0.1, 0.15) is 0 Å². The molecule has 0 aromatic carbocycles. The van der Waals surface area contributed by atoms with E-state index in [1.807, 2.05) is 0 Å². The lowest BCUT2D eigenvalue weighted by atomic mass is 9.90. The average molecular weight is 218 g/mol. The highest BCUT2D eigenvalue weighted by Gasteiger charge is 2.35. The van der Waals surface area contributed by atoms with E-state index in [-0.39, 0.29) is 0 Å². The van der Waals surface area contributed by atoms with Crippen molar-refractivity contribution in [3.05, 3.63) is 0 Å². The molecule has 0 rings (SSSR count). The molecule has 0 aromatic rings. The summed E-state index contributed by atoms with van der Waals surface area (Å²) in [6.45, 7) is 4.82. The second kappa shape index (κ2) is 4.77. The summed E-state index contributed by atoms with van der Waals surface area (Å²) in [5, 5.41) is 16.9. The Hall–Kier alpha value is -1.59. The van der Waals surface area contributed by atoms with Crippen LogP contribution in [0.5, 0.6) is 0 Å². The van der Waals surface area contributed by atoms with Crippen LogP contribution in [0.25, 0.3) is 0 Å². The first-order valence-electron chi connectivity index (χ1n) is 4.39. The van der Waals surface area contributed by atoms with E-state index in [4.69, 9.17) is 10.2 Å². The number of carboxylic acids is 2. The molecule has 0 bridgehead atoms. The zero-order chi connectivity index (χ0) is 12.2. The SMILES string of the molecule is CCC(C)(C)C(=O)OC(C(=O)O)C(=O)O. The van der Waals surface area contributed by atoms with E-state index in [0.29, 0.717) is 6.42 Å². The van der Waals surface area contributed by atoms with Crippen LogP contribution in [0.4, 0.5) is 0 Å². The summed E-state index contributed by atoms with van der Waals surface area (Å²) in [4.78, 5) is 32.2. The molecule has 0 amide bonds. The third kappa shape index (κ3) is 3.57. The third-order valence-corrected chi connectivity index (χ3v) is 2.11. The standard InChI is InChI=1S/C9H14O6/c1-4-9(2,3)8(14)15-5(6(10)11)7(12)13/h5H,4H2,1-3H3,(H,10,11)(H,12,13). The maximum Gasteiger partial charge on any atom is 0.356 e. The first kappa shape index (κ1) is 13.4. The van der Waals surface area contributed by atoms with E-state index < -0.39 is 29.4 Å². The van der Waals surface area contributed by atoms with Crippen LogP contribution < -0.4 is 0 Å². The van der Waals surface area contributed by atoms with E-state index >= 15 is 0 Å².